The van der Waals surface area contributed by atoms with Crippen LogP contribution in [0.3, 0.4) is 0 Å². The Hall–Kier alpha value is -1.35. The number of rotatable bonds is 4. The second-order valence-corrected chi connectivity index (χ2v) is 9.64. The molecule has 4 bridgehead atoms. The van der Waals surface area contributed by atoms with E-state index in [9.17, 15) is 4.79 Å². The van der Waals surface area contributed by atoms with Crippen molar-refractivity contribution < 1.29 is 4.79 Å². The zero-order chi connectivity index (χ0) is 17.0. The van der Waals surface area contributed by atoms with Crippen LogP contribution in [0.15, 0.2) is 30.3 Å². The second kappa shape index (κ2) is 5.32. The topological polar surface area (TPSA) is 55.1 Å². The maximum absolute atomic E-state index is 13.2. The molecule has 3 nitrogen and oxygen atoms in total. The van der Waals surface area contributed by atoms with Crippen LogP contribution in [0.5, 0.6) is 0 Å². The smallest absolute Gasteiger partial charge is 0.226 e. The fourth-order valence-electron chi connectivity index (χ4n) is 6.91. The third-order valence-corrected chi connectivity index (χ3v) is 6.82. The summed E-state index contributed by atoms with van der Waals surface area (Å²) < 4.78 is 0. The average molecular weight is 326 g/mol. The Morgan fingerprint density at radius 1 is 1.12 bits per heavy atom. The largest absolute Gasteiger partial charge is 0.354 e. The molecule has 0 aromatic heterocycles. The molecule has 3 N–H and O–H groups in total. The third-order valence-electron chi connectivity index (χ3n) is 6.82. The van der Waals surface area contributed by atoms with Gasteiger partial charge in [0.1, 0.15) is 0 Å². The highest BCUT2D eigenvalue weighted by molar-refractivity contribution is 5.83. The van der Waals surface area contributed by atoms with Gasteiger partial charge in [-0.05, 0) is 60.8 Å². The number of carbonyl (C=O) groups is 1. The summed E-state index contributed by atoms with van der Waals surface area (Å²) in [5.74, 6) is 1.00. The van der Waals surface area contributed by atoms with Gasteiger partial charge in [-0.2, -0.15) is 0 Å². The van der Waals surface area contributed by atoms with Crippen LogP contribution in [-0.2, 0) is 4.79 Å². The molecule has 1 aromatic carbocycles. The van der Waals surface area contributed by atoms with Gasteiger partial charge in [0, 0.05) is 12.6 Å². The molecule has 0 aliphatic heterocycles. The molecular weight excluding hydrogens is 296 g/mol. The molecular formula is C21H30N2O. The number of carbonyl (C=O) groups excluding carboxylic acids is 1. The molecule has 130 valence electrons. The van der Waals surface area contributed by atoms with E-state index in [0.29, 0.717) is 17.4 Å². The molecule has 3 heteroatoms. The molecule has 0 spiro atoms. The van der Waals surface area contributed by atoms with Gasteiger partial charge in [0.05, 0.1) is 5.41 Å². The SMILES string of the molecule is CC12CC3CC(C)(C1)CC(C(=O)NCC(N)c1ccccc1)(C3)C2. The average Bonchev–Trinajstić information content (AvgIpc) is 2.49. The summed E-state index contributed by atoms with van der Waals surface area (Å²) >= 11 is 0. The van der Waals surface area contributed by atoms with E-state index in [1.165, 1.54) is 19.3 Å². The van der Waals surface area contributed by atoms with Crippen LogP contribution in [0.1, 0.15) is 64.0 Å². The van der Waals surface area contributed by atoms with Crippen molar-refractivity contribution in [2.75, 3.05) is 6.54 Å². The molecule has 5 rings (SSSR count). The summed E-state index contributed by atoms with van der Waals surface area (Å²) in [6.07, 6.45) is 7.17. The standard InChI is InChI=1S/C21H30N2O/c1-19-8-15-9-20(2,12-19)14-21(10-15,13-19)18(24)23-11-17(22)16-6-4-3-5-7-16/h3-7,15,17H,8-14,22H2,1-2H3,(H,23,24). The zero-order valence-electron chi connectivity index (χ0n) is 15.0. The van der Waals surface area contributed by atoms with Crippen molar-refractivity contribution in [1.82, 2.24) is 5.32 Å². The van der Waals surface area contributed by atoms with E-state index in [-0.39, 0.29) is 17.4 Å². The van der Waals surface area contributed by atoms with Crippen molar-refractivity contribution in [2.45, 2.75) is 58.4 Å². The molecule has 4 fully saturated rings. The van der Waals surface area contributed by atoms with Crippen LogP contribution in [0.4, 0.5) is 0 Å². The monoisotopic (exact) mass is 326 g/mol. The van der Waals surface area contributed by atoms with Crippen LogP contribution >= 0.6 is 0 Å². The predicted molar refractivity (Wildman–Crippen MR) is 96.2 cm³/mol. The van der Waals surface area contributed by atoms with E-state index >= 15 is 0 Å². The van der Waals surface area contributed by atoms with Crippen molar-refractivity contribution in [3.63, 3.8) is 0 Å². The van der Waals surface area contributed by atoms with E-state index in [0.717, 1.165) is 30.7 Å². The summed E-state index contributed by atoms with van der Waals surface area (Å²) in [5.41, 5.74) is 7.95. The van der Waals surface area contributed by atoms with Crippen molar-refractivity contribution >= 4 is 5.91 Å². The molecule has 3 atom stereocenters. The Kier molecular flexibility index (Phi) is 3.58. The van der Waals surface area contributed by atoms with Crippen LogP contribution in [0.25, 0.3) is 0 Å². The summed E-state index contributed by atoms with van der Waals surface area (Å²) in [6.45, 7) is 5.35. The predicted octanol–water partition coefficient (Wildman–Crippen LogP) is 3.80. The van der Waals surface area contributed by atoms with Gasteiger partial charge in [-0.3, -0.25) is 4.79 Å². The first-order valence-corrected chi connectivity index (χ1v) is 9.41. The Morgan fingerprint density at radius 3 is 2.33 bits per heavy atom. The number of amides is 1. The van der Waals surface area contributed by atoms with E-state index in [1.54, 1.807) is 0 Å². The summed E-state index contributed by atoms with van der Waals surface area (Å²) in [6, 6.07) is 9.92. The highest BCUT2D eigenvalue weighted by Crippen LogP contribution is 2.69. The van der Waals surface area contributed by atoms with Crippen LogP contribution < -0.4 is 11.1 Å². The van der Waals surface area contributed by atoms with Crippen molar-refractivity contribution in [1.29, 1.82) is 0 Å². The summed E-state index contributed by atoms with van der Waals surface area (Å²) in [4.78, 5) is 13.2. The first-order chi connectivity index (χ1) is 11.3. The van der Waals surface area contributed by atoms with Crippen LogP contribution in [-0.4, -0.2) is 12.5 Å². The Bertz CT molecular complexity index is 622. The molecule has 0 radical (unpaired) electrons. The molecule has 0 saturated heterocycles. The minimum atomic E-state index is -0.140. The molecule has 4 saturated carbocycles. The molecule has 0 heterocycles. The third kappa shape index (κ3) is 2.67. The van der Waals surface area contributed by atoms with E-state index < -0.39 is 0 Å². The Labute approximate surface area is 145 Å². The lowest BCUT2D eigenvalue weighted by Crippen LogP contribution is -2.60. The van der Waals surface area contributed by atoms with Crippen molar-refractivity contribution in [3.05, 3.63) is 35.9 Å². The van der Waals surface area contributed by atoms with Gasteiger partial charge in [-0.25, -0.2) is 0 Å². The number of benzene rings is 1. The molecule has 24 heavy (non-hydrogen) atoms. The molecule has 1 aromatic rings. The first kappa shape index (κ1) is 16.1. The summed E-state index contributed by atoms with van der Waals surface area (Å²) in [7, 11) is 0. The van der Waals surface area contributed by atoms with E-state index in [2.05, 4.69) is 19.2 Å². The summed E-state index contributed by atoms with van der Waals surface area (Å²) in [5, 5.41) is 3.21. The van der Waals surface area contributed by atoms with Gasteiger partial charge in [-0.1, -0.05) is 44.2 Å². The number of hydrogen-bond acceptors (Lipinski definition) is 2. The number of nitrogens with one attached hydrogen (secondary N) is 1. The lowest BCUT2D eigenvalue weighted by Gasteiger charge is -2.64. The zero-order valence-corrected chi connectivity index (χ0v) is 15.0. The fraction of sp³-hybridized carbons (Fsp3) is 0.667. The van der Waals surface area contributed by atoms with Crippen LogP contribution in [0, 0.1) is 22.2 Å². The Morgan fingerprint density at radius 2 is 1.75 bits per heavy atom. The minimum Gasteiger partial charge on any atom is -0.354 e. The first-order valence-electron chi connectivity index (χ1n) is 9.41. The molecule has 4 aliphatic carbocycles. The van der Waals surface area contributed by atoms with Gasteiger partial charge in [-0.15, -0.1) is 0 Å². The molecule has 4 aliphatic rings. The minimum absolute atomic E-state index is 0.129. The maximum Gasteiger partial charge on any atom is 0.226 e. The van der Waals surface area contributed by atoms with Gasteiger partial charge < -0.3 is 11.1 Å². The highest BCUT2D eigenvalue weighted by atomic mass is 16.2. The fourth-order valence-corrected chi connectivity index (χ4v) is 6.91. The molecule has 3 unspecified atom stereocenters. The maximum atomic E-state index is 13.2. The van der Waals surface area contributed by atoms with Gasteiger partial charge in [0.25, 0.3) is 0 Å². The highest BCUT2D eigenvalue weighted by Gasteiger charge is 2.62. The quantitative estimate of drug-likeness (QED) is 0.884. The van der Waals surface area contributed by atoms with E-state index in [4.69, 9.17) is 5.73 Å². The van der Waals surface area contributed by atoms with E-state index in [1.807, 2.05) is 30.3 Å². The lowest BCUT2D eigenvalue weighted by atomic mass is 9.40. The number of nitrogens with two attached hydrogens (primary N) is 1. The van der Waals surface area contributed by atoms with Crippen molar-refractivity contribution in [2.24, 2.45) is 27.9 Å². The van der Waals surface area contributed by atoms with Crippen molar-refractivity contribution in [3.8, 4) is 0 Å². The van der Waals surface area contributed by atoms with Gasteiger partial charge in [0.15, 0.2) is 0 Å². The van der Waals surface area contributed by atoms with Gasteiger partial charge in [0.2, 0.25) is 5.91 Å². The number of hydrogen-bond donors (Lipinski definition) is 2. The molecule has 1 amide bonds. The Balaban J connectivity index is 1.47. The van der Waals surface area contributed by atoms with Crippen LogP contribution in [0.2, 0.25) is 0 Å². The second-order valence-electron chi connectivity index (χ2n) is 9.64. The lowest BCUT2D eigenvalue weighted by molar-refractivity contribution is -0.170. The van der Waals surface area contributed by atoms with Gasteiger partial charge >= 0.3 is 0 Å². The normalized spacial score (nSPS) is 41.2.